The van der Waals surface area contributed by atoms with Crippen molar-refractivity contribution in [2.75, 3.05) is 24.5 Å². The fraction of sp³-hybridized carbons (Fsp3) is 0.500. The first kappa shape index (κ1) is 18.2. The van der Waals surface area contributed by atoms with E-state index in [0.29, 0.717) is 24.4 Å². The van der Waals surface area contributed by atoms with Crippen LogP contribution in [0.25, 0.3) is 0 Å². The zero-order valence-electron chi connectivity index (χ0n) is 15.1. The zero-order valence-corrected chi connectivity index (χ0v) is 15.1. The van der Waals surface area contributed by atoms with E-state index >= 15 is 0 Å². The van der Waals surface area contributed by atoms with E-state index in [1.54, 1.807) is 18.6 Å². The lowest BCUT2D eigenvalue weighted by Crippen LogP contribution is -2.54. The van der Waals surface area contributed by atoms with Crippen molar-refractivity contribution in [1.29, 1.82) is 0 Å². The standard InChI is InChI=1S/C18H24N6O2/c1-13(2)16-21-8-14(9-22-16)17(25)23-11-18(26)4-3-7-24(12-18)15-10-19-5-6-20-15/h5-6,8-10,13,26H,3-4,7,11-12H2,1-2H3,(H,23,25)/t18-/m1/s1. The summed E-state index contributed by atoms with van der Waals surface area (Å²) in [5, 5.41) is 13.7. The molecule has 26 heavy (non-hydrogen) atoms. The van der Waals surface area contributed by atoms with Gasteiger partial charge in [0.05, 0.1) is 17.4 Å². The van der Waals surface area contributed by atoms with Crippen molar-refractivity contribution in [1.82, 2.24) is 25.3 Å². The largest absolute Gasteiger partial charge is 0.386 e. The van der Waals surface area contributed by atoms with Gasteiger partial charge in [-0.3, -0.25) is 9.78 Å². The van der Waals surface area contributed by atoms with Crippen LogP contribution in [0.4, 0.5) is 5.82 Å². The summed E-state index contributed by atoms with van der Waals surface area (Å²) < 4.78 is 0. The first-order valence-corrected chi connectivity index (χ1v) is 8.80. The molecule has 1 aliphatic rings. The van der Waals surface area contributed by atoms with Crippen molar-refractivity contribution in [3.63, 3.8) is 0 Å². The molecule has 3 rings (SSSR count). The van der Waals surface area contributed by atoms with E-state index in [9.17, 15) is 9.90 Å². The quantitative estimate of drug-likeness (QED) is 0.828. The van der Waals surface area contributed by atoms with Gasteiger partial charge in [-0.1, -0.05) is 13.8 Å². The molecule has 0 unspecified atom stereocenters. The van der Waals surface area contributed by atoms with E-state index in [1.165, 1.54) is 12.4 Å². The van der Waals surface area contributed by atoms with Gasteiger partial charge in [-0.05, 0) is 12.8 Å². The van der Waals surface area contributed by atoms with E-state index < -0.39 is 5.60 Å². The minimum absolute atomic E-state index is 0.161. The summed E-state index contributed by atoms with van der Waals surface area (Å²) in [6.07, 6.45) is 9.40. The van der Waals surface area contributed by atoms with Crippen molar-refractivity contribution in [2.45, 2.75) is 38.2 Å². The molecular weight excluding hydrogens is 332 g/mol. The number of β-amino-alcohol motifs (C(OH)–C–C–N with tert-alkyl or cyclic N) is 1. The van der Waals surface area contributed by atoms with E-state index in [4.69, 9.17) is 0 Å². The summed E-state index contributed by atoms with van der Waals surface area (Å²) in [7, 11) is 0. The van der Waals surface area contributed by atoms with E-state index in [2.05, 4.69) is 25.3 Å². The number of aliphatic hydroxyl groups is 1. The average molecular weight is 356 g/mol. The number of carbonyl (C=O) groups is 1. The highest BCUT2D eigenvalue weighted by atomic mass is 16.3. The lowest BCUT2D eigenvalue weighted by molar-refractivity contribution is 0.0254. The number of hydrogen-bond donors (Lipinski definition) is 2. The smallest absolute Gasteiger partial charge is 0.254 e. The van der Waals surface area contributed by atoms with Crippen molar-refractivity contribution in [3.8, 4) is 0 Å². The van der Waals surface area contributed by atoms with Gasteiger partial charge in [0, 0.05) is 50.3 Å². The van der Waals surface area contributed by atoms with Gasteiger partial charge in [-0.25, -0.2) is 15.0 Å². The summed E-state index contributed by atoms with van der Waals surface area (Å²) in [6, 6.07) is 0. The number of rotatable bonds is 5. The van der Waals surface area contributed by atoms with Crippen molar-refractivity contribution in [3.05, 3.63) is 42.4 Å². The van der Waals surface area contributed by atoms with Crippen LogP contribution >= 0.6 is 0 Å². The number of aromatic nitrogens is 4. The molecule has 0 radical (unpaired) electrons. The van der Waals surface area contributed by atoms with Crippen molar-refractivity contribution in [2.24, 2.45) is 0 Å². The molecule has 2 N–H and O–H groups in total. The number of piperidine rings is 1. The third-order valence-corrected chi connectivity index (χ3v) is 4.46. The van der Waals surface area contributed by atoms with Crippen LogP contribution in [0.3, 0.4) is 0 Å². The van der Waals surface area contributed by atoms with Crippen LogP contribution in [0.5, 0.6) is 0 Å². The van der Waals surface area contributed by atoms with Crippen LogP contribution in [0, 0.1) is 0 Å². The fourth-order valence-electron chi connectivity index (χ4n) is 3.01. The molecule has 3 heterocycles. The molecule has 2 aromatic rings. The predicted molar refractivity (Wildman–Crippen MR) is 96.9 cm³/mol. The Balaban J connectivity index is 1.60. The Bertz CT molecular complexity index is 737. The lowest BCUT2D eigenvalue weighted by atomic mass is 9.92. The van der Waals surface area contributed by atoms with Gasteiger partial charge < -0.3 is 15.3 Å². The first-order chi connectivity index (χ1) is 12.5. The molecule has 1 atom stereocenters. The number of carbonyl (C=O) groups excluding carboxylic acids is 1. The van der Waals surface area contributed by atoms with E-state index in [0.717, 1.165) is 18.8 Å². The molecule has 138 valence electrons. The summed E-state index contributed by atoms with van der Waals surface area (Å²) >= 11 is 0. The van der Waals surface area contributed by atoms with Gasteiger partial charge in [-0.2, -0.15) is 0 Å². The Morgan fingerprint density at radius 3 is 2.69 bits per heavy atom. The van der Waals surface area contributed by atoms with E-state index in [1.807, 2.05) is 18.7 Å². The van der Waals surface area contributed by atoms with Crippen molar-refractivity contribution >= 4 is 11.7 Å². The second kappa shape index (κ2) is 7.74. The van der Waals surface area contributed by atoms with Gasteiger partial charge in [0.1, 0.15) is 11.6 Å². The minimum Gasteiger partial charge on any atom is -0.386 e. The normalized spacial score (nSPS) is 20.2. The first-order valence-electron chi connectivity index (χ1n) is 8.80. The predicted octanol–water partition coefficient (Wildman–Crippen LogP) is 1.15. The molecule has 1 aliphatic heterocycles. The molecule has 0 bridgehead atoms. The van der Waals surface area contributed by atoms with Gasteiger partial charge in [0.25, 0.3) is 5.91 Å². The average Bonchev–Trinajstić information content (AvgIpc) is 2.67. The Kier molecular flexibility index (Phi) is 5.41. The molecule has 1 fully saturated rings. The summed E-state index contributed by atoms with van der Waals surface area (Å²) in [5.41, 5.74) is -0.621. The third-order valence-electron chi connectivity index (χ3n) is 4.46. The fourth-order valence-corrected chi connectivity index (χ4v) is 3.01. The highest BCUT2D eigenvalue weighted by molar-refractivity contribution is 5.93. The number of anilines is 1. The van der Waals surface area contributed by atoms with Crippen LogP contribution in [0.1, 0.15) is 48.8 Å². The second-order valence-corrected chi connectivity index (χ2v) is 6.98. The van der Waals surface area contributed by atoms with Crippen LogP contribution in [0.15, 0.2) is 31.0 Å². The lowest BCUT2D eigenvalue weighted by Gasteiger charge is -2.39. The topological polar surface area (TPSA) is 104 Å². The van der Waals surface area contributed by atoms with Crippen LogP contribution in [0.2, 0.25) is 0 Å². The van der Waals surface area contributed by atoms with Crippen LogP contribution < -0.4 is 10.2 Å². The van der Waals surface area contributed by atoms with Gasteiger partial charge in [-0.15, -0.1) is 0 Å². The van der Waals surface area contributed by atoms with Gasteiger partial charge in [0.2, 0.25) is 0 Å². The highest BCUT2D eigenvalue weighted by Gasteiger charge is 2.34. The Labute approximate surface area is 152 Å². The molecule has 1 amide bonds. The minimum atomic E-state index is -1.01. The molecule has 0 aliphatic carbocycles. The van der Waals surface area contributed by atoms with Crippen LogP contribution in [-0.2, 0) is 0 Å². The van der Waals surface area contributed by atoms with Crippen LogP contribution in [-0.4, -0.2) is 56.2 Å². The second-order valence-electron chi connectivity index (χ2n) is 6.98. The summed E-state index contributed by atoms with van der Waals surface area (Å²) in [4.78, 5) is 31.1. The molecule has 2 aromatic heterocycles. The molecule has 0 aromatic carbocycles. The Hall–Kier alpha value is -2.61. The number of amides is 1. The SMILES string of the molecule is CC(C)c1ncc(C(=O)NC[C@]2(O)CCCN(c3cnccn3)C2)cn1. The van der Waals surface area contributed by atoms with E-state index in [-0.39, 0.29) is 18.4 Å². The number of nitrogens with zero attached hydrogens (tertiary/aromatic N) is 5. The number of nitrogens with one attached hydrogen (secondary N) is 1. The summed E-state index contributed by atoms with van der Waals surface area (Å²) in [5.74, 6) is 1.36. The maximum absolute atomic E-state index is 12.3. The Morgan fingerprint density at radius 2 is 2.04 bits per heavy atom. The van der Waals surface area contributed by atoms with Crippen molar-refractivity contribution < 1.29 is 9.90 Å². The highest BCUT2D eigenvalue weighted by Crippen LogP contribution is 2.24. The maximum atomic E-state index is 12.3. The molecule has 0 spiro atoms. The van der Waals surface area contributed by atoms with Gasteiger partial charge in [0.15, 0.2) is 0 Å². The van der Waals surface area contributed by atoms with Gasteiger partial charge >= 0.3 is 0 Å². The zero-order chi connectivity index (χ0) is 18.6. The summed E-state index contributed by atoms with van der Waals surface area (Å²) in [6.45, 7) is 5.36. The molecule has 1 saturated heterocycles. The molecule has 8 nitrogen and oxygen atoms in total. The third kappa shape index (κ3) is 4.32. The number of hydrogen-bond acceptors (Lipinski definition) is 7. The molecule has 0 saturated carbocycles. The molecule has 8 heteroatoms. The maximum Gasteiger partial charge on any atom is 0.254 e. The Morgan fingerprint density at radius 1 is 1.27 bits per heavy atom. The molecular formula is C18H24N6O2. The monoisotopic (exact) mass is 356 g/mol.